The first-order chi connectivity index (χ1) is 6.56. The third-order valence-electron chi connectivity index (χ3n) is 1.97. The normalized spacial score (nSPS) is 10.9. The van der Waals surface area contributed by atoms with E-state index in [1.54, 1.807) is 0 Å². The van der Waals surface area contributed by atoms with Crippen LogP contribution in [0.15, 0.2) is 4.47 Å². The Morgan fingerprint density at radius 3 is 2.50 bits per heavy atom. The zero-order valence-corrected chi connectivity index (χ0v) is 10.4. The first-order valence-corrected chi connectivity index (χ1v) is 5.67. The Kier molecular flexibility index (Phi) is 3.86. The zero-order chi connectivity index (χ0) is 10.7. The van der Waals surface area contributed by atoms with Crippen LogP contribution in [0.3, 0.4) is 0 Å². The van der Waals surface area contributed by atoms with Gasteiger partial charge in [0.05, 0.1) is 10.2 Å². The van der Waals surface area contributed by atoms with Gasteiger partial charge in [-0.05, 0) is 28.3 Å². The number of aromatic nitrogens is 2. The largest absolute Gasteiger partial charge is 0.383 e. The Balaban J connectivity index is 3.14. The molecule has 1 heterocycles. The Labute approximate surface area is 93.3 Å². The Hall–Kier alpha value is -0.640. The second-order valence-electron chi connectivity index (χ2n) is 3.63. The summed E-state index contributed by atoms with van der Waals surface area (Å²) in [7, 11) is 0. The van der Waals surface area contributed by atoms with Crippen LogP contribution in [0, 0.1) is 0 Å². The van der Waals surface area contributed by atoms with Gasteiger partial charge in [0.15, 0.2) is 0 Å². The lowest BCUT2D eigenvalue weighted by molar-refractivity contribution is 0.760. The summed E-state index contributed by atoms with van der Waals surface area (Å²) < 4.78 is 0.840. The summed E-state index contributed by atoms with van der Waals surface area (Å²) in [5, 5.41) is 0. The van der Waals surface area contributed by atoms with Gasteiger partial charge in [-0.1, -0.05) is 20.8 Å². The molecule has 78 valence electrons. The van der Waals surface area contributed by atoms with Gasteiger partial charge in [-0.2, -0.15) is 0 Å². The van der Waals surface area contributed by atoms with Crippen LogP contribution in [-0.4, -0.2) is 9.97 Å². The Morgan fingerprint density at radius 1 is 1.36 bits per heavy atom. The van der Waals surface area contributed by atoms with Crippen LogP contribution in [0.5, 0.6) is 0 Å². The molecule has 3 nitrogen and oxygen atoms in total. The third-order valence-corrected chi connectivity index (χ3v) is 2.78. The lowest BCUT2D eigenvalue weighted by Gasteiger charge is -2.10. The standard InChI is InChI=1S/C10H16BrN3/c1-4-5-7-13-9(6(2)3)8(11)10(12)14-7/h6H,4-5H2,1-3H3,(H2,12,13,14). The lowest BCUT2D eigenvalue weighted by Crippen LogP contribution is -2.06. The van der Waals surface area contributed by atoms with Gasteiger partial charge in [-0.15, -0.1) is 0 Å². The predicted molar refractivity (Wildman–Crippen MR) is 62.2 cm³/mol. The number of nitrogens with zero attached hydrogens (tertiary/aromatic N) is 2. The predicted octanol–water partition coefficient (Wildman–Crippen LogP) is 2.90. The molecular weight excluding hydrogens is 242 g/mol. The quantitative estimate of drug-likeness (QED) is 0.906. The number of hydrogen-bond acceptors (Lipinski definition) is 3. The van der Waals surface area contributed by atoms with Crippen LogP contribution >= 0.6 is 15.9 Å². The molecule has 14 heavy (non-hydrogen) atoms. The average Bonchev–Trinajstić information content (AvgIpc) is 2.11. The lowest BCUT2D eigenvalue weighted by atomic mass is 10.1. The summed E-state index contributed by atoms with van der Waals surface area (Å²) in [5.41, 5.74) is 6.79. The fraction of sp³-hybridized carbons (Fsp3) is 0.600. The maximum absolute atomic E-state index is 5.79. The van der Waals surface area contributed by atoms with Crippen molar-refractivity contribution in [3.8, 4) is 0 Å². The second kappa shape index (κ2) is 4.73. The molecule has 0 aliphatic heterocycles. The number of halogens is 1. The van der Waals surface area contributed by atoms with E-state index in [1.807, 2.05) is 0 Å². The van der Waals surface area contributed by atoms with E-state index in [1.165, 1.54) is 0 Å². The van der Waals surface area contributed by atoms with Gasteiger partial charge in [0.25, 0.3) is 0 Å². The molecule has 0 amide bonds. The van der Waals surface area contributed by atoms with Crippen molar-refractivity contribution in [2.75, 3.05) is 5.73 Å². The summed E-state index contributed by atoms with van der Waals surface area (Å²) in [6, 6.07) is 0. The van der Waals surface area contributed by atoms with Crippen molar-refractivity contribution in [2.24, 2.45) is 0 Å². The molecule has 0 atom stereocenters. The van der Waals surface area contributed by atoms with Crippen molar-refractivity contribution in [2.45, 2.75) is 39.5 Å². The molecule has 0 saturated carbocycles. The number of rotatable bonds is 3. The topological polar surface area (TPSA) is 51.8 Å². The number of aryl methyl sites for hydroxylation is 1. The van der Waals surface area contributed by atoms with Gasteiger partial charge < -0.3 is 5.73 Å². The monoisotopic (exact) mass is 257 g/mol. The van der Waals surface area contributed by atoms with Gasteiger partial charge in [-0.25, -0.2) is 9.97 Å². The van der Waals surface area contributed by atoms with E-state index in [0.717, 1.165) is 28.8 Å². The molecular formula is C10H16BrN3. The number of anilines is 1. The summed E-state index contributed by atoms with van der Waals surface area (Å²) in [4.78, 5) is 8.71. The van der Waals surface area contributed by atoms with Crippen molar-refractivity contribution in [3.05, 3.63) is 16.0 Å². The summed E-state index contributed by atoms with van der Waals surface area (Å²) in [6.07, 6.45) is 1.93. The molecule has 4 heteroatoms. The third kappa shape index (κ3) is 2.44. The minimum absolute atomic E-state index is 0.366. The molecule has 0 radical (unpaired) electrons. The van der Waals surface area contributed by atoms with Gasteiger partial charge in [-0.3, -0.25) is 0 Å². The summed E-state index contributed by atoms with van der Waals surface area (Å²) in [6.45, 7) is 6.31. The highest BCUT2D eigenvalue weighted by atomic mass is 79.9. The van der Waals surface area contributed by atoms with Gasteiger partial charge in [0.2, 0.25) is 0 Å². The average molecular weight is 258 g/mol. The molecule has 0 aromatic carbocycles. The fourth-order valence-electron chi connectivity index (χ4n) is 1.25. The molecule has 0 saturated heterocycles. The maximum atomic E-state index is 5.79. The van der Waals surface area contributed by atoms with Crippen LogP contribution in [0.1, 0.15) is 44.6 Å². The zero-order valence-electron chi connectivity index (χ0n) is 8.84. The second-order valence-corrected chi connectivity index (χ2v) is 4.42. The van der Waals surface area contributed by atoms with Gasteiger partial charge >= 0.3 is 0 Å². The van der Waals surface area contributed by atoms with Crippen molar-refractivity contribution in [1.82, 2.24) is 9.97 Å². The molecule has 2 N–H and O–H groups in total. The van der Waals surface area contributed by atoms with Crippen LogP contribution in [-0.2, 0) is 6.42 Å². The van der Waals surface area contributed by atoms with Gasteiger partial charge in [0.1, 0.15) is 11.6 Å². The van der Waals surface area contributed by atoms with E-state index in [9.17, 15) is 0 Å². The molecule has 0 aliphatic rings. The Morgan fingerprint density at radius 2 is 2.00 bits per heavy atom. The minimum atomic E-state index is 0.366. The molecule has 1 aromatic heterocycles. The molecule has 0 bridgehead atoms. The highest BCUT2D eigenvalue weighted by molar-refractivity contribution is 9.10. The smallest absolute Gasteiger partial charge is 0.141 e. The van der Waals surface area contributed by atoms with Crippen molar-refractivity contribution < 1.29 is 0 Å². The molecule has 0 aliphatic carbocycles. The summed E-state index contributed by atoms with van der Waals surface area (Å²) in [5.74, 6) is 1.76. The number of nitrogens with two attached hydrogens (primary N) is 1. The van der Waals surface area contributed by atoms with Gasteiger partial charge in [0, 0.05) is 6.42 Å². The summed E-state index contributed by atoms with van der Waals surface area (Å²) >= 11 is 3.42. The molecule has 0 spiro atoms. The first-order valence-electron chi connectivity index (χ1n) is 4.88. The Bertz CT molecular complexity index is 323. The SMILES string of the molecule is CCCc1nc(N)c(Br)c(C(C)C)n1. The maximum Gasteiger partial charge on any atom is 0.141 e. The highest BCUT2D eigenvalue weighted by Crippen LogP contribution is 2.26. The fourth-order valence-corrected chi connectivity index (χ4v) is 1.89. The molecule has 0 unspecified atom stereocenters. The first kappa shape index (κ1) is 11.4. The van der Waals surface area contributed by atoms with Crippen LogP contribution in [0.25, 0.3) is 0 Å². The van der Waals surface area contributed by atoms with Crippen molar-refractivity contribution in [1.29, 1.82) is 0 Å². The van der Waals surface area contributed by atoms with Crippen molar-refractivity contribution >= 4 is 21.7 Å². The van der Waals surface area contributed by atoms with Crippen LogP contribution < -0.4 is 5.73 Å². The number of nitrogen functional groups attached to an aromatic ring is 1. The molecule has 1 aromatic rings. The van der Waals surface area contributed by atoms with Crippen LogP contribution in [0.4, 0.5) is 5.82 Å². The van der Waals surface area contributed by atoms with E-state index in [4.69, 9.17) is 5.73 Å². The van der Waals surface area contributed by atoms with Crippen molar-refractivity contribution in [3.63, 3.8) is 0 Å². The van der Waals surface area contributed by atoms with E-state index < -0.39 is 0 Å². The molecule has 0 fully saturated rings. The van der Waals surface area contributed by atoms with E-state index >= 15 is 0 Å². The highest BCUT2D eigenvalue weighted by Gasteiger charge is 2.12. The van der Waals surface area contributed by atoms with E-state index in [0.29, 0.717) is 11.7 Å². The van der Waals surface area contributed by atoms with E-state index in [-0.39, 0.29) is 0 Å². The minimum Gasteiger partial charge on any atom is -0.383 e. The van der Waals surface area contributed by atoms with Crippen LogP contribution in [0.2, 0.25) is 0 Å². The number of hydrogen-bond donors (Lipinski definition) is 1. The molecule has 1 rings (SSSR count). The van der Waals surface area contributed by atoms with E-state index in [2.05, 4.69) is 46.7 Å².